The molecule has 0 spiro atoms. The van der Waals surface area contributed by atoms with Crippen LogP contribution in [0.4, 0.5) is 17.6 Å². The van der Waals surface area contributed by atoms with Crippen LogP contribution in [0.1, 0.15) is 72.8 Å². The SMILES string of the molecule is COC(=O)C[C@H](C(=O)OCCl)C(C)C.COC(=O)C[C@H](C(=O)OCOC(=O)[C@H](O)CN(Cc1ccc(-c2cc(Cl)ccc2F)cc1)NC(=O)c1cc(-c2ccccc2F)no1)C(C)C.O=C(NN(Cc1ccc(-c2cc(Cl)ccc2F)cc1)C[C@@H](O)C(=O)O)c1c[n+](-c2ccccc2F)co1. The molecule has 8 rings (SSSR count). The highest BCUT2D eigenvalue weighted by Crippen LogP contribution is 2.29. The number of esters is 5. The van der Waals surface area contributed by atoms with Crippen molar-refractivity contribution in [2.45, 2.75) is 65.8 Å². The van der Waals surface area contributed by atoms with Crippen LogP contribution in [0.15, 0.2) is 161 Å². The van der Waals surface area contributed by atoms with Gasteiger partial charge in [0, 0.05) is 52.0 Å². The third-order valence-corrected chi connectivity index (χ3v) is 15.4. The van der Waals surface area contributed by atoms with Crippen molar-refractivity contribution in [1.29, 1.82) is 0 Å². The number of carbonyl (C=O) groups excluding carboxylic acids is 7. The fourth-order valence-corrected chi connectivity index (χ4v) is 9.77. The van der Waals surface area contributed by atoms with Crippen molar-refractivity contribution >= 4 is 82.4 Å². The first-order chi connectivity index (χ1) is 48.1. The van der Waals surface area contributed by atoms with E-state index < -0.39 is 115 Å². The number of benzene rings is 6. The number of hydrogen-bond donors (Lipinski definition) is 5. The van der Waals surface area contributed by atoms with Crippen molar-refractivity contribution in [2.75, 3.05) is 40.2 Å². The summed E-state index contributed by atoms with van der Waals surface area (Å²) in [4.78, 5) is 96.3. The number of carbonyl (C=O) groups is 8. The molecule has 2 amide bonds. The van der Waals surface area contributed by atoms with Crippen LogP contribution in [0, 0.1) is 46.9 Å². The van der Waals surface area contributed by atoms with E-state index in [0.29, 0.717) is 37.9 Å². The van der Waals surface area contributed by atoms with Crippen LogP contribution in [-0.4, -0.2) is 131 Å². The molecule has 6 aromatic carbocycles. The van der Waals surface area contributed by atoms with Crippen molar-refractivity contribution in [3.8, 4) is 39.2 Å². The summed E-state index contributed by atoms with van der Waals surface area (Å²) in [7, 11) is 2.47. The van der Waals surface area contributed by atoms with E-state index in [9.17, 15) is 66.1 Å². The maximum Gasteiger partial charge on any atom is 0.341 e. The fraction of sp³-hybridized carbons (Fsp3) is 0.286. The van der Waals surface area contributed by atoms with Gasteiger partial charge in [-0.05, 0) is 88.7 Å². The number of aliphatic hydroxyl groups is 2. The molecule has 0 aliphatic carbocycles. The summed E-state index contributed by atoms with van der Waals surface area (Å²) in [5.41, 5.74) is 8.24. The number of carboxylic acid groups (broad SMARTS) is 1. The van der Waals surface area contributed by atoms with Crippen LogP contribution in [0.3, 0.4) is 0 Å². The molecule has 4 atom stereocenters. The molecule has 0 aliphatic heterocycles. The summed E-state index contributed by atoms with van der Waals surface area (Å²) in [5, 5.41) is 36.6. The van der Waals surface area contributed by atoms with E-state index in [0.717, 1.165) is 6.39 Å². The molecule has 0 saturated heterocycles. The Kier molecular flexibility index (Phi) is 30.9. The predicted octanol–water partition coefficient (Wildman–Crippen LogP) is 10.6. The third kappa shape index (κ3) is 24.4. The Hall–Kier alpha value is -10.1. The van der Waals surface area contributed by atoms with Gasteiger partial charge in [0.05, 0.1) is 52.0 Å². The van der Waals surface area contributed by atoms with Gasteiger partial charge in [-0.1, -0.05) is 140 Å². The molecule has 536 valence electrons. The maximum absolute atomic E-state index is 14.4. The number of nitrogens with one attached hydrogen (secondary N) is 2. The number of rotatable bonds is 29. The molecule has 0 unspecified atom stereocenters. The largest absolute Gasteiger partial charge is 0.479 e. The summed E-state index contributed by atoms with van der Waals surface area (Å²) < 4.78 is 92.3. The quantitative estimate of drug-likeness (QED) is 0.00553. The lowest BCUT2D eigenvalue weighted by atomic mass is 9.93. The molecule has 2 heterocycles. The normalized spacial score (nSPS) is 12.2. The average Bonchev–Trinajstić information content (AvgIpc) is 1.66. The van der Waals surface area contributed by atoms with Crippen molar-refractivity contribution in [3.63, 3.8) is 0 Å². The van der Waals surface area contributed by atoms with Gasteiger partial charge in [-0.25, -0.2) is 32.8 Å². The van der Waals surface area contributed by atoms with Crippen molar-refractivity contribution in [1.82, 2.24) is 26.0 Å². The van der Waals surface area contributed by atoms with Gasteiger partial charge in [0.15, 0.2) is 24.1 Å². The number of methoxy groups -OCH3 is 2. The van der Waals surface area contributed by atoms with Crippen molar-refractivity contribution < 1.29 is 108 Å². The van der Waals surface area contributed by atoms with Crippen molar-refractivity contribution in [3.05, 3.63) is 208 Å². The number of para-hydroxylation sites is 1. The Morgan fingerprint density at radius 3 is 1.50 bits per heavy atom. The van der Waals surface area contributed by atoms with E-state index in [-0.39, 0.29) is 77.9 Å². The Morgan fingerprint density at radius 2 is 1.02 bits per heavy atom. The van der Waals surface area contributed by atoms with Gasteiger partial charge < -0.3 is 47.9 Å². The second-order valence-corrected chi connectivity index (χ2v) is 23.8. The van der Waals surface area contributed by atoms with Crippen LogP contribution >= 0.6 is 34.8 Å². The molecular formula is C70H70Cl3F4N6O18+. The van der Waals surface area contributed by atoms with Gasteiger partial charge in [-0.3, -0.25) is 39.6 Å². The van der Waals surface area contributed by atoms with Crippen LogP contribution in [-0.2, 0) is 65.5 Å². The number of amides is 2. The van der Waals surface area contributed by atoms with E-state index in [1.54, 1.807) is 74.5 Å². The number of ether oxygens (including phenoxy) is 5. The molecule has 0 saturated carbocycles. The lowest BCUT2D eigenvalue weighted by Gasteiger charge is -2.25. The first-order valence-electron chi connectivity index (χ1n) is 30.5. The van der Waals surface area contributed by atoms with Crippen LogP contribution in [0.5, 0.6) is 0 Å². The minimum absolute atomic E-state index is 0.00239. The third-order valence-electron chi connectivity index (χ3n) is 14.8. The standard InChI is InChI=1S/C35H34ClF2N3O9.C26H20ClF2N3O5.C9H15ClO4/c1-20(2)25(15-32(43)47-3)34(45)48-19-49-35(46)30(42)18-41(17-21-8-10-22(11-9-21)26-14-23(36)12-13-28(26)38)39-33(44)31-16-29(40-50-31)24-6-4-5-7-27(24)37;27-18-9-10-20(28)19(11-18)17-7-5-16(6-8-17)12-32(13-23(33)26(35)36)30-25(34)24-14-31(15-37-24)22-4-2-1-3-21(22)29;1-6(2)7(4-8(11)13-3)9(12)14-5-10/h4-14,16,20,25,30,42H,15,17-19H2,1-3H3,(H,39,44);1-11,14-15,23,33H,12-13H2,(H-,30,34,35,36);6-7H,4-5H2,1-3H3/p+1/t25-,30+;23-;7-/m010/s1. The number of carboxylic acids is 1. The predicted molar refractivity (Wildman–Crippen MR) is 355 cm³/mol. The van der Waals surface area contributed by atoms with Gasteiger partial charge in [-0.2, -0.15) is 4.39 Å². The number of hydrogen-bond acceptors (Lipinski definition) is 20. The maximum atomic E-state index is 14.4. The lowest BCUT2D eigenvalue weighted by molar-refractivity contribution is -0.601. The summed E-state index contributed by atoms with van der Waals surface area (Å²) in [6.07, 6.45) is -1.43. The number of nitrogens with zero attached hydrogens (tertiary/aromatic N) is 4. The molecule has 0 aliphatic rings. The van der Waals surface area contributed by atoms with E-state index in [4.69, 9.17) is 58.3 Å². The summed E-state index contributed by atoms with van der Waals surface area (Å²) in [5.74, 6) is -10.6. The Balaban J connectivity index is 0.000000275. The van der Waals surface area contributed by atoms with Crippen LogP contribution in [0.25, 0.3) is 39.2 Å². The molecule has 101 heavy (non-hydrogen) atoms. The fourth-order valence-electron chi connectivity index (χ4n) is 9.32. The number of hydrazine groups is 2. The molecule has 2 aromatic heterocycles. The number of aromatic nitrogens is 2. The molecule has 31 heteroatoms. The van der Waals surface area contributed by atoms with Crippen LogP contribution in [0.2, 0.25) is 10.0 Å². The second-order valence-electron chi connectivity index (χ2n) is 22.7. The zero-order chi connectivity index (χ0) is 74.0. The number of halogens is 7. The summed E-state index contributed by atoms with van der Waals surface area (Å²) >= 11 is 17.3. The number of alkyl halides is 1. The minimum Gasteiger partial charge on any atom is -0.479 e. The summed E-state index contributed by atoms with van der Waals surface area (Å²) in [6.45, 7) is 5.19. The van der Waals surface area contributed by atoms with E-state index >= 15 is 0 Å². The molecule has 0 fully saturated rings. The van der Waals surface area contributed by atoms with E-state index in [1.165, 1.54) is 114 Å². The molecule has 8 aromatic rings. The van der Waals surface area contributed by atoms with Crippen LogP contribution < -0.4 is 15.4 Å². The first-order valence-corrected chi connectivity index (χ1v) is 31.8. The van der Waals surface area contributed by atoms with Gasteiger partial charge in [0.1, 0.15) is 23.1 Å². The highest BCUT2D eigenvalue weighted by Gasteiger charge is 2.31. The highest BCUT2D eigenvalue weighted by molar-refractivity contribution is 6.31. The molecule has 24 nitrogen and oxygen atoms in total. The molecule has 0 bridgehead atoms. The van der Waals surface area contributed by atoms with E-state index in [2.05, 4.69) is 30.2 Å². The highest BCUT2D eigenvalue weighted by atomic mass is 35.5. The number of oxazole rings is 1. The Labute approximate surface area is 591 Å². The topological polar surface area (TPSA) is 317 Å². The monoisotopic (exact) mass is 1460 g/mol. The van der Waals surface area contributed by atoms with Crippen molar-refractivity contribution in [2.24, 2.45) is 23.7 Å². The number of aliphatic carboxylic acids is 1. The zero-order valence-corrected chi connectivity index (χ0v) is 57.2. The molecule has 0 radical (unpaired) electrons. The lowest BCUT2D eigenvalue weighted by Crippen LogP contribution is -2.47. The molecule has 5 N–H and O–H groups in total. The first kappa shape index (κ1) is 79.9. The van der Waals surface area contributed by atoms with Gasteiger partial charge in [0.25, 0.3) is 5.76 Å². The average molecular weight is 1470 g/mol. The second kappa shape index (κ2) is 39.1. The Morgan fingerprint density at radius 1 is 0.564 bits per heavy atom. The Bertz CT molecular complexity index is 4150. The molecular weight excluding hydrogens is 1400 g/mol. The zero-order valence-electron chi connectivity index (χ0n) is 55.0. The number of aliphatic hydroxyl groups excluding tert-OH is 2. The van der Waals surface area contributed by atoms with Gasteiger partial charge >= 0.3 is 54.0 Å². The van der Waals surface area contributed by atoms with Gasteiger partial charge in [0.2, 0.25) is 24.4 Å². The smallest absolute Gasteiger partial charge is 0.341 e. The summed E-state index contributed by atoms with van der Waals surface area (Å²) in [6, 6.07) is 34.3. The van der Waals surface area contributed by atoms with E-state index in [1.807, 2.05) is 13.8 Å². The van der Waals surface area contributed by atoms with Gasteiger partial charge in [-0.15, -0.1) is 4.57 Å². The minimum atomic E-state index is -1.85.